The van der Waals surface area contributed by atoms with Gasteiger partial charge in [-0.3, -0.25) is 4.98 Å². The largest absolute Gasteiger partial charge is 0.265 e. The highest BCUT2D eigenvalue weighted by Gasteiger charge is 2.41. The van der Waals surface area contributed by atoms with Gasteiger partial charge in [-0.15, -0.1) is 11.8 Å². The van der Waals surface area contributed by atoms with Gasteiger partial charge in [0.1, 0.15) is 0 Å². The van der Waals surface area contributed by atoms with Crippen LogP contribution in [0.15, 0.2) is 170 Å². The summed E-state index contributed by atoms with van der Waals surface area (Å²) in [5, 5.41) is 0. The molecule has 0 amide bonds. The van der Waals surface area contributed by atoms with Crippen LogP contribution in [0.1, 0.15) is 69.7 Å². The first kappa shape index (κ1) is 36.2. The Labute approximate surface area is 294 Å². The zero-order valence-electron chi connectivity index (χ0n) is 29.3. The van der Waals surface area contributed by atoms with E-state index in [1.165, 1.54) is 46.2 Å². The van der Waals surface area contributed by atoms with E-state index in [0.29, 0.717) is 0 Å². The van der Waals surface area contributed by atoms with Crippen LogP contribution in [-0.4, -0.2) is 10.7 Å². The molecule has 1 aromatic heterocycles. The lowest BCUT2D eigenvalue weighted by atomic mass is 9.74. The molecule has 1 unspecified atom stereocenters. The van der Waals surface area contributed by atoms with Crippen LogP contribution in [-0.2, 0) is 5.41 Å². The molecule has 0 saturated carbocycles. The highest BCUT2D eigenvalue weighted by Crippen LogP contribution is 2.55. The second kappa shape index (κ2) is 17.5. The standard InChI is InChI=1S/C38H35NS.C6H8.C2H6/c1-7-14-36(40-9-3)31(8-2)27(5)26(4)28-15-12-16-29(25-28)32-18-13-20-35-37(32)33-17-10-11-19-34(33)38(35,6)30-21-23-39-24-22-30;1-2-4-6-5-3-1;1-2/h7-8,10-25H,2,4-5,9H2,1,3,6H3;1-4H,5-6H2;1-2H3/b14-7-,36-31-;;. The Hall–Kier alpha value is -4.66. The van der Waals surface area contributed by atoms with Gasteiger partial charge in [0.25, 0.3) is 0 Å². The lowest BCUT2D eigenvalue weighted by Gasteiger charge is -2.28. The van der Waals surface area contributed by atoms with E-state index in [4.69, 9.17) is 0 Å². The summed E-state index contributed by atoms with van der Waals surface area (Å²) in [4.78, 5) is 5.45. The quantitative estimate of drug-likeness (QED) is 0.168. The van der Waals surface area contributed by atoms with Crippen LogP contribution in [0, 0.1) is 0 Å². The molecule has 1 nitrogen and oxygen atoms in total. The number of thioether (sulfide) groups is 1. The Balaban J connectivity index is 0.000000578. The zero-order valence-corrected chi connectivity index (χ0v) is 30.1. The van der Waals surface area contributed by atoms with E-state index in [1.54, 1.807) is 11.8 Å². The van der Waals surface area contributed by atoms with Crippen molar-refractivity contribution >= 4 is 17.3 Å². The molecule has 0 N–H and O–H groups in total. The predicted molar refractivity (Wildman–Crippen MR) is 214 cm³/mol. The molecule has 0 radical (unpaired) electrons. The molecule has 0 bridgehead atoms. The van der Waals surface area contributed by atoms with Gasteiger partial charge in [-0.05, 0) is 112 Å². The minimum atomic E-state index is -0.260. The number of aromatic nitrogens is 1. The molecular weight excluding hydrogens is 599 g/mol. The molecule has 48 heavy (non-hydrogen) atoms. The van der Waals surface area contributed by atoms with Crippen molar-refractivity contribution in [1.29, 1.82) is 0 Å². The zero-order chi connectivity index (χ0) is 34.5. The van der Waals surface area contributed by atoms with Crippen molar-refractivity contribution in [3.05, 3.63) is 192 Å². The topological polar surface area (TPSA) is 12.9 Å². The minimum Gasteiger partial charge on any atom is -0.265 e. The van der Waals surface area contributed by atoms with Crippen molar-refractivity contribution in [2.24, 2.45) is 0 Å². The van der Waals surface area contributed by atoms with E-state index in [9.17, 15) is 0 Å². The second-order valence-corrected chi connectivity index (χ2v) is 12.8. The van der Waals surface area contributed by atoms with Crippen LogP contribution in [0.3, 0.4) is 0 Å². The van der Waals surface area contributed by atoms with Crippen LogP contribution >= 0.6 is 11.8 Å². The van der Waals surface area contributed by atoms with Crippen LogP contribution in [0.5, 0.6) is 0 Å². The maximum atomic E-state index is 4.48. The Morgan fingerprint density at radius 3 is 2.12 bits per heavy atom. The van der Waals surface area contributed by atoms with Crippen LogP contribution in [0.2, 0.25) is 0 Å². The molecule has 1 atom stereocenters. The number of hydrogen-bond acceptors (Lipinski definition) is 2. The molecule has 1 heterocycles. The molecule has 6 rings (SSSR count). The summed E-state index contributed by atoms with van der Waals surface area (Å²) in [6, 6.07) is 28.5. The first-order valence-corrected chi connectivity index (χ1v) is 18.0. The van der Waals surface area contributed by atoms with Crippen molar-refractivity contribution in [1.82, 2.24) is 4.98 Å². The van der Waals surface area contributed by atoms with E-state index in [-0.39, 0.29) is 5.41 Å². The predicted octanol–water partition coefficient (Wildman–Crippen LogP) is 13.3. The number of benzene rings is 3. The smallest absolute Gasteiger partial charge is 0.0436 e. The van der Waals surface area contributed by atoms with Crippen LogP contribution in [0.25, 0.3) is 27.8 Å². The van der Waals surface area contributed by atoms with Gasteiger partial charge in [-0.2, -0.15) is 0 Å². The van der Waals surface area contributed by atoms with Crippen molar-refractivity contribution in [2.45, 2.75) is 52.9 Å². The molecule has 2 aliphatic rings. The number of pyridine rings is 1. The van der Waals surface area contributed by atoms with Crippen LogP contribution in [0.4, 0.5) is 0 Å². The minimum absolute atomic E-state index is 0.260. The summed E-state index contributed by atoms with van der Waals surface area (Å²) >= 11 is 1.80. The first-order chi connectivity index (χ1) is 23.4. The normalized spacial score (nSPS) is 16.0. The molecule has 0 fully saturated rings. The number of allylic oxidation sites excluding steroid dienone is 10. The Kier molecular flexibility index (Phi) is 13.2. The molecule has 2 heteroatoms. The maximum Gasteiger partial charge on any atom is 0.0436 e. The molecule has 0 aliphatic heterocycles. The van der Waals surface area contributed by atoms with E-state index in [2.05, 4.69) is 154 Å². The fourth-order valence-corrected chi connectivity index (χ4v) is 7.33. The monoisotopic (exact) mass is 647 g/mol. The SMILES string of the molecule is C1=CCCC=C1.C=C/C(C(=C)C(=C)c1cccc(-c2cccc3c2-c2ccccc2C3(C)c2ccncc2)c1)=C(\C=C/C)SCC.CC. The van der Waals surface area contributed by atoms with Gasteiger partial charge in [0.15, 0.2) is 0 Å². The second-order valence-electron chi connectivity index (χ2n) is 11.5. The highest BCUT2D eigenvalue weighted by molar-refractivity contribution is 8.03. The summed E-state index contributed by atoms with van der Waals surface area (Å²) in [5.74, 6) is 0.977. The Bertz CT molecular complexity index is 1860. The van der Waals surface area contributed by atoms with Gasteiger partial charge in [0.05, 0.1) is 0 Å². The van der Waals surface area contributed by atoms with Crippen molar-refractivity contribution in [2.75, 3.05) is 5.75 Å². The number of nitrogens with zero attached hydrogens (tertiary/aromatic N) is 1. The average molecular weight is 648 g/mol. The summed E-state index contributed by atoms with van der Waals surface area (Å²) in [5.41, 5.74) is 12.5. The lowest BCUT2D eigenvalue weighted by molar-refractivity contribution is 0.712. The number of hydrogen-bond donors (Lipinski definition) is 0. The maximum absolute atomic E-state index is 4.48. The summed E-state index contributed by atoms with van der Waals surface area (Å²) in [6.07, 6.45) is 20.9. The van der Waals surface area contributed by atoms with Crippen molar-refractivity contribution < 1.29 is 0 Å². The average Bonchev–Trinajstić information content (AvgIpc) is 3.43. The van der Waals surface area contributed by atoms with Gasteiger partial charge in [0.2, 0.25) is 0 Å². The van der Waals surface area contributed by atoms with Crippen LogP contribution < -0.4 is 0 Å². The van der Waals surface area contributed by atoms with Crippen molar-refractivity contribution in [3.63, 3.8) is 0 Å². The van der Waals surface area contributed by atoms with E-state index in [1.807, 2.05) is 39.2 Å². The summed E-state index contributed by atoms with van der Waals surface area (Å²) in [7, 11) is 0. The van der Waals surface area contributed by atoms with Gasteiger partial charge in [0, 0.05) is 22.7 Å². The molecule has 0 saturated heterocycles. The van der Waals surface area contributed by atoms with E-state index >= 15 is 0 Å². The molecule has 244 valence electrons. The lowest BCUT2D eigenvalue weighted by Crippen LogP contribution is -2.22. The molecule has 3 aromatic carbocycles. The van der Waals surface area contributed by atoms with E-state index in [0.717, 1.165) is 38.5 Å². The fraction of sp³-hybridized carbons (Fsp3) is 0.196. The van der Waals surface area contributed by atoms with Gasteiger partial charge in [-0.1, -0.05) is 144 Å². The first-order valence-electron chi connectivity index (χ1n) is 17.0. The van der Waals surface area contributed by atoms with Gasteiger partial charge in [-0.25, -0.2) is 0 Å². The molecule has 0 spiro atoms. The molecule has 2 aliphatic carbocycles. The van der Waals surface area contributed by atoms with Crippen molar-refractivity contribution in [3.8, 4) is 22.3 Å². The third kappa shape index (κ3) is 7.56. The molecular formula is C46H49NS. The van der Waals surface area contributed by atoms with Gasteiger partial charge < -0.3 is 0 Å². The number of rotatable bonds is 9. The summed E-state index contributed by atoms with van der Waals surface area (Å²) in [6.45, 7) is 23.6. The fourth-order valence-electron chi connectivity index (χ4n) is 6.43. The Morgan fingerprint density at radius 1 is 0.854 bits per heavy atom. The highest BCUT2D eigenvalue weighted by atomic mass is 32.2. The number of fused-ring (bicyclic) bond motifs is 3. The summed E-state index contributed by atoms with van der Waals surface area (Å²) < 4.78 is 0. The molecule has 4 aromatic rings. The van der Waals surface area contributed by atoms with Gasteiger partial charge >= 0.3 is 0 Å². The van der Waals surface area contributed by atoms with E-state index < -0.39 is 0 Å². The third-order valence-electron chi connectivity index (χ3n) is 8.78. The third-order valence-corrected chi connectivity index (χ3v) is 9.73. The Morgan fingerprint density at radius 2 is 1.50 bits per heavy atom.